The van der Waals surface area contributed by atoms with Crippen LogP contribution >= 0.6 is 0 Å². The number of aromatic amines is 1. The number of fused-ring (bicyclic) bond motifs is 1. The molecule has 0 atom stereocenters. The third-order valence-electron chi connectivity index (χ3n) is 5.28. The number of aryl methyl sites for hydroxylation is 3. The summed E-state index contributed by atoms with van der Waals surface area (Å²) in [5.41, 5.74) is 6.11. The Morgan fingerprint density at radius 2 is 1.72 bits per heavy atom. The lowest BCUT2D eigenvalue weighted by atomic mass is 10.1. The topological polar surface area (TPSA) is 86.9 Å². The first-order chi connectivity index (χ1) is 15.5. The second-order valence-corrected chi connectivity index (χ2v) is 7.84. The van der Waals surface area contributed by atoms with E-state index < -0.39 is 0 Å². The van der Waals surface area contributed by atoms with Crippen LogP contribution in [0.3, 0.4) is 0 Å². The summed E-state index contributed by atoms with van der Waals surface area (Å²) in [5.74, 6) is 0.732. The van der Waals surface area contributed by atoms with Crippen LogP contribution < -0.4 is 10.6 Å². The van der Waals surface area contributed by atoms with E-state index in [-0.39, 0.29) is 11.8 Å². The number of benzene rings is 3. The van der Waals surface area contributed by atoms with Crippen molar-refractivity contribution in [1.29, 1.82) is 0 Å². The van der Waals surface area contributed by atoms with Gasteiger partial charge in [0, 0.05) is 29.8 Å². The van der Waals surface area contributed by atoms with Crippen LogP contribution in [0.2, 0.25) is 0 Å². The van der Waals surface area contributed by atoms with Gasteiger partial charge in [0.15, 0.2) is 0 Å². The number of H-pyrrole nitrogens is 1. The molecule has 2 amide bonds. The number of anilines is 2. The molecule has 1 aromatic heterocycles. The van der Waals surface area contributed by atoms with Crippen molar-refractivity contribution in [2.45, 2.75) is 33.1 Å². The number of amides is 2. The van der Waals surface area contributed by atoms with Crippen LogP contribution in [0.1, 0.15) is 40.7 Å². The highest BCUT2D eigenvalue weighted by molar-refractivity contribution is 6.06. The van der Waals surface area contributed by atoms with Crippen molar-refractivity contribution in [3.63, 3.8) is 0 Å². The van der Waals surface area contributed by atoms with Crippen LogP contribution in [0.4, 0.5) is 11.4 Å². The maximum absolute atomic E-state index is 12.6. The molecular weight excluding hydrogens is 400 g/mol. The summed E-state index contributed by atoms with van der Waals surface area (Å²) in [7, 11) is 0. The summed E-state index contributed by atoms with van der Waals surface area (Å²) in [5, 5.41) is 5.79. The zero-order valence-corrected chi connectivity index (χ0v) is 18.2. The Hall–Kier alpha value is -3.93. The molecule has 3 aromatic carbocycles. The van der Waals surface area contributed by atoms with Gasteiger partial charge in [-0.25, -0.2) is 4.98 Å². The molecule has 0 bridgehead atoms. The molecule has 0 radical (unpaired) electrons. The molecule has 0 aliphatic heterocycles. The van der Waals surface area contributed by atoms with Gasteiger partial charge in [-0.15, -0.1) is 0 Å². The molecule has 3 N–H and O–H groups in total. The van der Waals surface area contributed by atoms with Gasteiger partial charge in [-0.05, 0) is 66.9 Å². The molecule has 0 aliphatic carbocycles. The Morgan fingerprint density at radius 1 is 0.906 bits per heavy atom. The highest BCUT2D eigenvalue weighted by Gasteiger charge is 2.10. The van der Waals surface area contributed by atoms with Gasteiger partial charge >= 0.3 is 0 Å². The molecule has 6 heteroatoms. The zero-order chi connectivity index (χ0) is 22.5. The summed E-state index contributed by atoms with van der Waals surface area (Å²) in [4.78, 5) is 32.1. The van der Waals surface area contributed by atoms with E-state index in [0.717, 1.165) is 52.2 Å². The maximum Gasteiger partial charge on any atom is 0.255 e. The quantitative estimate of drug-likeness (QED) is 0.377. The minimum atomic E-state index is -0.149. The highest BCUT2D eigenvalue weighted by atomic mass is 16.2. The van der Waals surface area contributed by atoms with Crippen LogP contribution in [0, 0.1) is 6.92 Å². The summed E-state index contributed by atoms with van der Waals surface area (Å²) >= 11 is 0. The molecule has 4 aromatic rings. The van der Waals surface area contributed by atoms with Gasteiger partial charge in [-0.1, -0.05) is 31.2 Å². The van der Waals surface area contributed by atoms with E-state index in [2.05, 4.69) is 20.6 Å². The molecule has 0 saturated heterocycles. The van der Waals surface area contributed by atoms with E-state index in [4.69, 9.17) is 0 Å². The number of rotatable bonds is 7. The van der Waals surface area contributed by atoms with Gasteiger partial charge in [0.2, 0.25) is 5.91 Å². The van der Waals surface area contributed by atoms with Crippen molar-refractivity contribution in [3.8, 4) is 0 Å². The van der Waals surface area contributed by atoms with Gasteiger partial charge in [-0.3, -0.25) is 9.59 Å². The first-order valence-electron chi connectivity index (χ1n) is 10.8. The first kappa shape index (κ1) is 21.3. The van der Waals surface area contributed by atoms with E-state index in [1.54, 1.807) is 6.07 Å². The smallest absolute Gasteiger partial charge is 0.255 e. The number of hydrogen-bond acceptors (Lipinski definition) is 3. The lowest BCUT2D eigenvalue weighted by Gasteiger charge is -2.06. The normalized spacial score (nSPS) is 10.8. The monoisotopic (exact) mass is 426 g/mol. The Bertz CT molecular complexity index is 1260. The van der Waals surface area contributed by atoms with Gasteiger partial charge in [-0.2, -0.15) is 0 Å². The van der Waals surface area contributed by atoms with Crippen molar-refractivity contribution in [2.24, 2.45) is 0 Å². The van der Waals surface area contributed by atoms with Crippen LogP contribution in [0.25, 0.3) is 11.0 Å². The Kier molecular flexibility index (Phi) is 6.31. The van der Waals surface area contributed by atoms with Crippen LogP contribution in [0.15, 0.2) is 66.7 Å². The molecule has 0 saturated carbocycles. The minimum Gasteiger partial charge on any atom is -0.342 e. The van der Waals surface area contributed by atoms with Crippen molar-refractivity contribution >= 4 is 34.2 Å². The van der Waals surface area contributed by atoms with Gasteiger partial charge in [0.1, 0.15) is 5.82 Å². The number of imidazole rings is 1. The van der Waals surface area contributed by atoms with E-state index >= 15 is 0 Å². The van der Waals surface area contributed by atoms with Gasteiger partial charge in [0.25, 0.3) is 5.91 Å². The Balaban J connectivity index is 1.40. The largest absolute Gasteiger partial charge is 0.342 e. The van der Waals surface area contributed by atoms with Crippen LogP contribution in [-0.4, -0.2) is 21.8 Å². The highest BCUT2D eigenvalue weighted by Crippen LogP contribution is 2.18. The molecule has 162 valence electrons. The van der Waals surface area contributed by atoms with Crippen molar-refractivity contribution in [1.82, 2.24) is 9.97 Å². The number of hydrogen-bond donors (Lipinski definition) is 3. The lowest BCUT2D eigenvalue weighted by molar-refractivity contribution is -0.115. The van der Waals surface area contributed by atoms with Gasteiger partial charge < -0.3 is 15.6 Å². The molecule has 0 unspecified atom stereocenters. The fourth-order valence-electron chi connectivity index (χ4n) is 3.52. The molecule has 32 heavy (non-hydrogen) atoms. The summed E-state index contributed by atoms with van der Waals surface area (Å²) < 4.78 is 0. The number of carbonyl (C=O) groups is 2. The van der Waals surface area contributed by atoms with Crippen molar-refractivity contribution in [2.75, 3.05) is 10.6 Å². The van der Waals surface area contributed by atoms with E-state index in [9.17, 15) is 9.59 Å². The molecule has 0 spiro atoms. The second-order valence-electron chi connectivity index (χ2n) is 7.84. The molecule has 0 aliphatic rings. The maximum atomic E-state index is 12.6. The number of nitrogens with zero attached hydrogens (tertiary/aromatic N) is 1. The third kappa shape index (κ3) is 5.21. The standard InChI is InChI=1S/C26H26N4O2/c1-3-25(31)27-20-11-7-18(8-12-20)9-14-24-29-22-13-10-19(16-23(22)30-24)26(32)28-21-6-4-5-17(2)15-21/h4-8,10-13,15-16H,3,9,14H2,1-2H3,(H,27,31)(H,28,32)(H,29,30). The predicted molar refractivity (Wildman–Crippen MR) is 128 cm³/mol. The van der Waals surface area contributed by atoms with Crippen molar-refractivity contribution in [3.05, 3.63) is 89.2 Å². The summed E-state index contributed by atoms with van der Waals surface area (Å²) in [6, 6.07) is 21.1. The van der Waals surface area contributed by atoms with Gasteiger partial charge in [0.05, 0.1) is 11.0 Å². The molecule has 4 rings (SSSR count). The van der Waals surface area contributed by atoms with E-state index in [1.165, 1.54) is 0 Å². The first-order valence-corrected chi connectivity index (χ1v) is 10.8. The van der Waals surface area contributed by atoms with E-state index in [0.29, 0.717) is 12.0 Å². The van der Waals surface area contributed by atoms with Crippen LogP contribution in [0.5, 0.6) is 0 Å². The van der Waals surface area contributed by atoms with Crippen LogP contribution in [-0.2, 0) is 17.6 Å². The molecule has 0 fully saturated rings. The fourth-order valence-corrected chi connectivity index (χ4v) is 3.52. The number of nitrogens with one attached hydrogen (secondary N) is 3. The minimum absolute atomic E-state index is 0.00644. The van der Waals surface area contributed by atoms with E-state index in [1.807, 2.05) is 74.5 Å². The third-order valence-corrected chi connectivity index (χ3v) is 5.28. The zero-order valence-electron chi connectivity index (χ0n) is 18.2. The number of carbonyl (C=O) groups excluding carboxylic acids is 2. The predicted octanol–water partition coefficient (Wildman–Crippen LogP) is 5.26. The summed E-state index contributed by atoms with van der Waals surface area (Å²) in [6.45, 7) is 3.82. The SMILES string of the molecule is CCC(=O)Nc1ccc(CCc2nc3ccc(C(=O)Nc4cccc(C)c4)cc3[nH]2)cc1. The molecular formula is C26H26N4O2. The second kappa shape index (κ2) is 9.47. The van der Waals surface area contributed by atoms with Crippen molar-refractivity contribution < 1.29 is 9.59 Å². The molecule has 6 nitrogen and oxygen atoms in total. The fraction of sp³-hybridized carbons (Fsp3) is 0.192. The average molecular weight is 427 g/mol. The Morgan fingerprint density at radius 3 is 2.47 bits per heavy atom. The summed E-state index contributed by atoms with van der Waals surface area (Å²) in [6.07, 6.45) is 2.03. The molecule has 1 heterocycles. The lowest BCUT2D eigenvalue weighted by Crippen LogP contribution is -2.11. The Labute approximate surface area is 187 Å². The number of aromatic nitrogens is 2. The average Bonchev–Trinajstić information content (AvgIpc) is 3.20.